The highest BCUT2D eigenvalue weighted by Gasteiger charge is 2.22. The number of hydrogen-bond acceptors (Lipinski definition) is 5. The van der Waals surface area contributed by atoms with Crippen molar-refractivity contribution in [3.63, 3.8) is 0 Å². The number of amides is 2. The van der Waals surface area contributed by atoms with E-state index in [0.717, 1.165) is 26.2 Å². The number of rotatable bonds is 8. The van der Waals surface area contributed by atoms with E-state index in [-0.39, 0.29) is 55.2 Å². The van der Waals surface area contributed by atoms with Crippen LogP contribution in [0.2, 0.25) is 0 Å². The van der Waals surface area contributed by atoms with E-state index < -0.39 is 6.04 Å². The fourth-order valence-electron chi connectivity index (χ4n) is 2.33. The molecule has 0 radical (unpaired) electrons. The number of nitrogens with one attached hydrogen (secondary N) is 1. The molecule has 1 atom stereocenters. The van der Waals surface area contributed by atoms with Crippen LogP contribution in [0.4, 0.5) is 0 Å². The average Bonchev–Trinajstić information content (AvgIpc) is 2.51. The normalized spacial score (nSPS) is 16.2. The van der Waals surface area contributed by atoms with Crippen LogP contribution >= 0.6 is 24.8 Å². The van der Waals surface area contributed by atoms with E-state index >= 15 is 0 Å². The van der Waals surface area contributed by atoms with Gasteiger partial charge in [-0.3, -0.25) is 14.5 Å². The maximum absolute atomic E-state index is 12.1. The maximum atomic E-state index is 12.1. The Labute approximate surface area is 163 Å². The molecule has 150 valence electrons. The summed E-state index contributed by atoms with van der Waals surface area (Å²) in [6, 6.07) is -0.569. The minimum atomic E-state index is -0.569. The van der Waals surface area contributed by atoms with Crippen LogP contribution in [-0.4, -0.2) is 79.6 Å². The first-order valence-electron chi connectivity index (χ1n) is 8.46. The van der Waals surface area contributed by atoms with Gasteiger partial charge in [0.2, 0.25) is 11.8 Å². The van der Waals surface area contributed by atoms with Crippen molar-refractivity contribution in [2.45, 2.75) is 39.8 Å². The van der Waals surface area contributed by atoms with Crippen LogP contribution < -0.4 is 11.1 Å². The summed E-state index contributed by atoms with van der Waals surface area (Å²) in [5.41, 5.74) is 5.76. The van der Waals surface area contributed by atoms with Crippen LogP contribution in [0.1, 0.15) is 27.7 Å². The molecule has 1 aliphatic heterocycles. The summed E-state index contributed by atoms with van der Waals surface area (Å²) in [6.07, 6.45) is 0.249. The molecule has 1 heterocycles. The van der Waals surface area contributed by atoms with Crippen molar-refractivity contribution >= 4 is 36.6 Å². The highest BCUT2D eigenvalue weighted by molar-refractivity contribution is 5.87. The van der Waals surface area contributed by atoms with E-state index in [0.29, 0.717) is 13.1 Å². The minimum absolute atomic E-state index is 0. The molecule has 1 aliphatic rings. The molecule has 1 saturated heterocycles. The van der Waals surface area contributed by atoms with Gasteiger partial charge in [0.1, 0.15) is 0 Å². The van der Waals surface area contributed by atoms with Crippen molar-refractivity contribution in [1.29, 1.82) is 0 Å². The molecule has 0 bridgehead atoms. The number of carbonyl (C=O) groups excluding carboxylic acids is 2. The highest BCUT2D eigenvalue weighted by atomic mass is 35.5. The summed E-state index contributed by atoms with van der Waals surface area (Å²) >= 11 is 0. The van der Waals surface area contributed by atoms with E-state index in [2.05, 4.69) is 10.2 Å². The Hall–Kier alpha value is -0.600. The molecule has 0 unspecified atom stereocenters. The van der Waals surface area contributed by atoms with Gasteiger partial charge in [0.05, 0.1) is 25.3 Å². The van der Waals surface area contributed by atoms with Gasteiger partial charge in [-0.1, -0.05) is 13.8 Å². The van der Waals surface area contributed by atoms with Gasteiger partial charge < -0.3 is 20.7 Å². The van der Waals surface area contributed by atoms with Crippen molar-refractivity contribution in [1.82, 2.24) is 15.1 Å². The third-order valence-corrected chi connectivity index (χ3v) is 4.02. The lowest BCUT2D eigenvalue weighted by atomic mass is 10.1. The Bertz CT molecular complexity index is 390. The molecular formula is C16H34Cl2N4O3. The lowest BCUT2D eigenvalue weighted by molar-refractivity contribution is -0.134. The average molecular weight is 401 g/mol. The second kappa shape index (κ2) is 13.6. The Morgan fingerprint density at radius 1 is 1.08 bits per heavy atom. The van der Waals surface area contributed by atoms with Crippen molar-refractivity contribution < 1.29 is 14.3 Å². The van der Waals surface area contributed by atoms with Crippen molar-refractivity contribution in [3.05, 3.63) is 0 Å². The van der Waals surface area contributed by atoms with Gasteiger partial charge in [-0.05, 0) is 19.8 Å². The third kappa shape index (κ3) is 10.2. The number of carbonyl (C=O) groups is 2. The van der Waals surface area contributed by atoms with Crippen molar-refractivity contribution in [2.75, 3.05) is 45.9 Å². The number of piperazine rings is 1. The molecule has 0 aromatic heterocycles. The topological polar surface area (TPSA) is 87.9 Å². The molecular weight excluding hydrogens is 367 g/mol. The van der Waals surface area contributed by atoms with E-state index in [9.17, 15) is 9.59 Å². The number of hydrogen-bond donors (Lipinski definition) is 2. The first-order valence-corrected chi connectivity index (χ1v) is 8.46. The zero-order valence-electron chi connectivity index (χ0n) is 15.7. The summed E-state index contributed by atoms with van der Waals surface area (Å²) < 4.78 is 5.54. The zero-order chi connectivity index (χ0) is 17.4. The van der Waals surface area contributed by atoms with E-state index in [1.807, 2.05) is 27.7 Å². The van der Waals surface area contributed by atoms with Gasteiger partial charge in [-0.25, -0.2) is 0 Å². The quantitative estimate of drug-likeness (QED) is 0.619. The Morgan fingerprint density at radius 3 is 2.12 bits per heavy atom. The molecule has 1 fully saturated rings. The molecule has 0 spiro atoms. The molecule has 25 heavy (non-hydrogen) atoms. The van der Waals surface area contributed by atoms with Crippen LogP contribution in [0, 0.1) is 5.92 Å². The van der Waals surface area contributed by atoms with Gasteiger partial charge in [-0.2, -0.15) is 0 Å². The van der Waals surface area contributed by atoms with E-state index in [4.69, 9.17) is 10.5 Å². The summed E-state index contributed by atoms with van der Waals surface area (Å²) in [4.78, 5) is 28.0. The molecule has 0 saturated carbocycles. The molecule has 7 nitrogen and oxygen atoms in total. The second-order valence-corrected chi connectivity index (χ2v) is 6.63. The van der Waals surface area contributed by atoms with Gasteiger partial charge in [0.25, 0.3) is 0 Å². The van der Waals surface area contributed by atoms with Crippen LogP contribution in [0.15, 0.2) is 0 Å². The fraction of sp³-hybridized carbons (Fsp3) is 0.875. The number of nitrogens with zero attached hydrogens (tertiary/aromatic N) is 2. The Morgan fingerprint density at radius 2 is 1.64 bits per heavy atom. The molecule has 0 aliphatic carbocycles. The van der Waals surface area contributed by atoms with Crippen molar-refractivity contribution in [2.24, 2.45) is 11.7 Å². The Balaban J connectivity index is 0. The van der Waals surface area contributed by atoms with E-state index in [1.54, 1.807) is 4.90 Å². The largest absolute Gasteiger partial charge is 0.377 e. The van der Waals surface area contributed by atoms with Crippen molar-refractivity contribution in [3.8, 4) is 0 Å². The lowest BCUT2D eigenvalue weighted by Crippen LogP contribution is -2.53. The monoisotopic (exact) mass is 400 g/mol. The molecule has 0 aromatic rings. The van der Waals surface area contributed by atoms with Gasteiger partial charge in [-0.15, -0.1) is 24.8 Å². The van der Waals surface area contributed by atoms with Crippen LogP contribution in [-0.2, 0) is 14.3 Å². The second-order valence-electron chi connectivity index (χ2n) is 6.63. The Kier molecular flexibility index (Phi) is 14.5. The fourth-order valence-corrected chi connectivity index (χ4v) is 2.33. The van der Waals surface area contributed by atoms with Crippen LogP contribution in [0.5, 0.6) is 0 Å². The summed E-state index contributed by atoms with van der Waals surface area (Å²) in [5, 5.41) is 2.63. The van der Waals surface area contributed by atoms with Crippen LogP contribution in [0.25, 0.3) is 0 Å². The van der Waals surface area contributed by atoms with Gasteiger partial charge in [0.15, 0.2) is 0 Å². The summed E-state index contributed by atoms with van der Waals surface area (Å²) in [5.74, 6) is -0.257. The SMILES string of the molecule is CC(C)OCCN1CCN(C(=O)CNC(=O)[C@@H](N)C(C)C)CC1.Cl.Cl. The molecule has 0 aromatic carbocycles. The first kappa shape index (κ1) is 26.6. The smallest absolute Gasteiger partial charge is 0.242 e. The highest BCUT2D eigenvalue weighted by Crippen LogP contribution is 2.03. The van der Waals surface area contributed by atoms with E-state index in [1.165, 1.54) is 0 Å². The summed E-state index contributed by atoms with van der Waals surface area (Å²) in [7, 11) is 0. The first-order chi connectivity index (χ1) is 10.8. The molecule has 2 amide bonds. The minimum Gasteiger partial charge on any atom is -0.377 e. The van der Waals surface area contributed by atoms with Crippen LogP contribution in [0.3, 0.4) is 0 Å². The molecule has 3 N–H and O–H groups in total. The standard InChI is InChI=1S/C16H32N4O3.2ClH/c1-12(2)15(17)16(22)18-11-14(21)20-7-5-19(6-8-20)9-10-23-13(3)4;;/h12-13,15H,5-11,17H2,1-4H3,(H,18,22);2*1H/t15-;;/m0../s1. The van der Waals surface area contributed by atoms with Gasteiger partial charge in [0, 0.05) is 32.7 Å². The number of halogens is 2. The van der Waals surface area contributed by atoms with Gasteiger partial charge >= 0.3 is 0 Å². The summed E-state index contributed by atoms with van der Waals surface area (Å²) in [6.45, 7) is 12.5. The number of nitrogens with two attached hydrogens (primary N) is 1. The number of ether oxygens (including phenoxy) is 1. The predicted octanol–water partition coefficient (Wildman–Crippen LogP) is 0.499. The third-order valence-electron chi connectivity index (χ3n) is 4.02. The molecule has 1 rings (SSSR count). The lowest BCUT2D eigenvalue weighted by Gasteiger charge is -2.34. The zero-order valence-corrected chi connectivity index (χ0v) is 17.3. The molecule has 9 heteroatoms. The maximum Gasteiger partial charge on any atom is 0.242 e. The predicted molar refractivity (Wildman–Crippen MR) is 104 cm³/mol.